The van der Waals surface area contributed by atoms with Crippen molar-refractivity contribution in [1.82, 2.24) is 15.0 Å². The van der Waals surface area contributed by atoms with Crippen LogP contribution in [0.1, 0.15) is 16.7 Å². The summed E-state index contributed by atoms with van der Waals surface area (Å²) in [5.74, 6) is 0.688. The summed E-state index contributed by atoms with van der Waals surface area (Å²) in [6, 6.07) is 67.5. The largest absolute Gasteiger partial charge is 0.298 e. The zero-order chi connectivity index (χ0) is 39.5. The number of para-hydroxylation sites is 2. The third-order valence-corrected chi connectivity index (χ3v) is 10.6. The molecule has 0 radical (unpaired) electrons. The number of benzene rings is 7. The number of nitrogens with one attached hydrogen (secondary N) is 2. The predicted molar refractivity (Wildman–Crippen MR) is 243 cm³/mol. The Kier molecular flexibility index (Phi) is 9.25. The number of nitrogens with zero attached hydrogens (tertiary/aromatic N) is 4. The molecule has 59 heavy (non-hydrogen) atoms. The van der Waals surface area contributed by atoms with E-state index in [-0.39, 0.29) is 0 Å². The second kappa shape index (κ2) is 15.4. The van der Waals surface area contributed by atoms with Gasteiger partial charge in [0.05, 0.1) is 34.0 Å². The molecule has 6 nitrogen and oxygen atoms in total. The maximum atomic E-state index is 9.76. The number of hydrogen-bond donors (Lipinski definition) is 2. The molecule has 6 heteroatoms. The van der Waals surface area contributed by atoms with Gasteiger partial charge in [0.25, 0.3) is 0 Å². The summed E-state index contributed by atoms with van der Waals surface area (Å²) < 4.78 is 0. The summed E-state index contributed by atoms with van der Waals surface area (Å²) in [5, 5.41) is 15.5. The average molecular weight is 757 g/mol. The lowest BCUT2D eigenvalue weighted by Gasteiger charge is -2.24. The Labute approximate surface area is 342 Å². The Bertz CT molecular complexity index is 2990. The number of aromatic nitrogens is 3. The second-order valence-corrected chi connectivity index (χ2v) is 14.4. The summed E-state index contributed by atoms with van der Waals surface area (Å²) >= 11 is 0. The van der Waals surface area contributed by atoms with E-state index in [1.807, 2.05) is 121 Å². The first kappa shape index (κ1) is 35.3. The van der Waals surface area contributed by atoms with Crippen LogP contribution in [0.2, 0.25) is 0 Å². The fraction of sp³-hybridized carbons (Fsp3) is 0. The van der Waals surface area contributed by atoms with Crippen molar-refractivity contribution in [3.05, 3.63) is 217 Å². The van der Waals surface area contributed by atoms with Gasteiger partial charge in [-0.25, -0.2) is 15.0 Å². The highest BCUT2D eigenvalue weighted by atomic mass is 15.3. The van der Waals surface area contributed by atoms with E-state index in [0.717, 1.165) is 89.3 Å². The Morgan fingerprint density at radius 2 is 0.983 bits per heavy atom. The quantitative estimate of drug-likeness (QED) is 0.151. The van der Waals surface area contributed by atoms with Crippen molar-refractivity contribution in [3.63, 3.8) is 0 Å². The summed E-state index contributed by atoms with van der Waals surface area (Å²) in [4.78, 5) is 15.3. The summed E-state index contributed by atoms with van der Waals surface area (Å²) in [6.45, 7) is 0. The standard InChI is InChI=1S/C53H36N6/c54-50-49-43-26-13-14-27-46(43)55-51(45(49)33-44(36-16-5-1-6-17-36)52(50)59-58-42-24-11-4-12-25-42)41-23-15-22-40(32-41)35-28-30-38(31-29-35)48-34-47(37-18-7-2-8-19-37)56-53(57-48)39-20-9-3-10-21-39/h1-34,54,58H/b54-50?,59-52-. The fourth-order valence-electron chi connectivity index (χ4n) is 7.66. The molecule has 0 atom stereocenters. The van der Waals surface area contributed by atoms with Crippen LogP contribution in [-0.2, 0) is 0 Å². The Hall–Kier alpha value is -8.09. The first-order valence-corrected chi connectivity index (χ1v) is 19.6. The van der Waals surface area contributed by atoms with Crippen molar-refractivity contribution in [3.8, 4) is 56.3 Å². The third kappa shape index (κ3) is 7.00. The zero-order valence-electron chi connectivity index (χ0n) is 31.9. The van der Waals surface area contributed by atoms with E-state index in [1.54, 1.807) is 0 Å². The van der Waals surface area contributed by atoms with E-state index in [0.29, 0.717) is 17.2 Å². The summed E-state index contributed by atoms with van der Waals surface area (Å²) in [6.07, 6.45) is 2.15. The highest BCUT2D eigenvalue weighted by Crippen LogP contribution is 2.39. The van der Waals surface area contributed by atoms with Gasteiger partial charge < -0.3 is 0 Å². The molecule has 0 saturated carbocycles. The smallest absolute Gasteiger partial charge is 0.160 e. The van der Waals surface area contributed by atoms with Crippen molar-refractivity contribution in [1.29, 1.82) is 5.41 Å². The number of allylic oxidation sites excluding steroid dienone is 1. The molecule has 0 saturated heterocycles. The highest BCUT2D eigenvalue weighted by Gasteiger charge is 2.29. The number of hydrogen-bond acceptors (Lipinski definition) is 6. The molecular formula is C53H36N6. The Morgan fingerprint density at radius 3 is 1.68 bits per heavy atom. The molecule has 0 amide bonds. The first-order chi connectivity index (χ1) is 29.2. The van der Waals surface area contributed by atoms with Crippen LogP contribution in [0.5, 0.6) is 0 Å². The topological polar surface area (TPSA) is 86.9 Å². The van der Waals surface area contributed by atoms with Gasteiger partial charge in [0.15, 0.2) is 5.82 Å². The van der Waals surface area contributed by atoms with Crippen LogP contribution in [0.15, 0.2) is 205 Å². The lowest BCUT2D eigenvalue weighted by molar-refractivity contribution is 1.18. The van der Waals surface area contributed by atoms with Gasteiger partial charge in [-0.2, -0.15) is 5.10 Å². The van der Waals surface area contributed by atoms with Gasteiger partial charge in [0.1, 0.15) is 5.71 Å². The SMILES string of the molecule is N=C1/C(=N\Nc2ccccc2)C(c2ccccc2)=Cc2c(-c3cccc(-c4ccc(-c5cc(-c6ccccc6)nc(-c6ccccc6)n5)cc4)c3)nc3ccccc3c21. The monoisotopic (exact) mass is 756 g/mol. The number of fused-ring (bicyclic) bond motifs is 3. The van der Waals surface area contributed by atoms with E-state index in [1.165, 1.54) is 0 Å². The van der Waals surface area contributed by atoms with E-state index in [4.69, 9.17) is 20.1 Å². The van der Waals surface area contributed by atoms with Crippen LogP contribution in [0, 0.1) is 5.41 Å². The van der Waals surface area contributed by atoms with Crippen LogP contribution in [-0.4, -0.2) is 26.4 Å². The molecule has 2 N–H and O–H groups in total. The molecule has 0 unspecified atom stereocenters. The van der Waals surface area contributed by atoms with E-state index < -0.39 is 0 Å². The first-order valence-electron chi connectivity index (χ1n) is 19.6. The van der Waals surface area contributed by atoms with Gasteiger partial charge in [0.2, 0.25) is 0 Å². The number of rotatable bonds is 8. The molecule has 0 spiro atoms. The molecule has 7 aromatic carbocycles. The van der Waals surface area contributed by atoms with Gasteiger partial charge in [-0.05, 0) is 53.1 Å². The van der Waals surface area contributed by atoms with Crippen molar-refractivity contribution in [2.24, 2.45) is 5.10 Å². The molecule has 2 aromatic heterocycles. The molecule has 2 heterocycles. The van der Waals surface area contributed by atoms with Crippen LogP contribution in [0.3, 0.4) is 0 Å². The van der Waals surface area contributed by atoms with E-state index in [9.17, 15) is 5.41 Å². The van der Waals surface area contributed by atoms with Crippen molar-refractivity contribution >= 4 is 39.7 Å². The minimum Gasteiger partial charge on any atom is -0.298 e. The van der Waals surface area contributed by atoms with Crippen molar-refractivity contribution in [2.75, 3.05) is 5.43 Å². The Balaban J connectivity index is 1.06. The van der Waals surface area contributed by atoms with E-state index in [2.05, 4.69) is 90.4 Å². The number of hydrazone groups is 1. The molecule has 9 aromatic rings. The normalized spacial score (nSPS) is 12.9. The molecule has 0 aliphatic heterocycles. The lowest BCUT2D eigenvalue weighted by atomic mass is 9.82. The molecule has 0 fully saturated rings. The summed E-state index contributed by atoms with van der Waals surface area (Å²) in [7, 11) is 0. The fourth-order valence-corrected chi connectivity index (χ4v) is 7.66. The molecule has 278 valence electrons. The van der Waals surface area contributed by atoms with Crippen LogP contribution in [0.25, 0.3) is 78.8 Å². The highest BCUT2D eigenvalue weighted by molar-refractivity contribution is 6.65. The van der Waals surface area contributed by atoms with Crippen molar-refractivity contribution < 1.29 is 0 Å². The number of anilines is 1. The third-order valence-electron chi connectivity index (χ3n) is 10.6. The maximum absolute atomic E-state index is 9.76. The van der Waals surface area contributed by atoms with Crippen molar-refractivity contribution in [2.45, 2.75) is 0 Å². The van der Waals surface area contributed by atoms with Crippen LogP contribution < -0.4 is 5.43 Å². The van der Waals surface area contributed by atoms with Crippen LogP contribution >= 0.6 is 0 Å². The van der Waals surface area contributed by atoms with Crippen LogP contribution in [0.4, 0.5) is 5.69 Å². The van der Waals surface area contributed by atoms with Gasteiger partial charge in [-0.1, -0.05) is 170 Å². The number of pyridine rings is 1. The molecule has 0 bridgehead atoms. The molecule has 10 rings (SSSR count). The molecule has 1 aliphatic carbocycles. The average Bonchev–Trinajstić information content (AvgIpc) is 3.32. The predicted octanol–water partition coefficient (Wildman–Crippen LogP) is 12.7. The Morgan fingerprint density at radius 1 is 0.441 bits per heavy atom. The van der Waals surface area contributed by atoms with Gasteiger partial charge in [-0.3, -0.25) is 10.8 Å². The molecular weight excluding hydrogens is 721 g/mol. The van der Waals surface area contributed by atoms with E-state index >= 15 is 0 Å². The maximum Gasteiger partial charge on any atom is 0.160 e. The summed E-state index contributed by atoms with van der Waals surface area (Å²) in [5.41, 5.74) is 18.0. The second-order valence-electron chi connectivity index (χ2n) is 14.4. The zero-order valence-corrected chi connectivity index (χ0v) is 31.9. The van der Waals surface area contributed by atoms with Gasteiger partial charge >= 0.3 is 0 Å². The lowest BCUT2D eigenvalue weighted by Crippen LogP contribution is -2.23. The van der Waals surface area contributed by atoms with Gasteiger partial charge in [-0.15, -0.1) is 0 Å². The minimum absolute atomic E-state index is 0.340. The van der Waals surface area contributed by atoms with Gasteiger partial charge in [0, 0.05) is 44.3 Å². The molecule has 1 aliphatic rings. The minimum atomic E-state index is 0.340.